The molecule has 0 unspecified atom stereocenters. The summed E-state index contributed by atoms with van der Waals surface area (Å²) in [5.41, 5.74) is -1.14. The van der Waals surface area contributed by atoms with Crippen LogP contribution in [-0.2, 0) is 4.74 Å². The summed E-state index contributed by atoms with van der Waals surface area (Å²) in [5, 5.41) is -0.111. The van der Waals surface area contributed by atoms with Crippen LogP contribution in [-0.4, -0.2) is 22.1 Å². The lowest BCUT2D eigenvalue weighted by molar-refractivity contribution is 0.0526. The summed E-state index contributed by atoms with van der Waals surface area (Å²) in [6.45, 7) is 1.68. The highest BCUT2D eigenvalue weighted by atomic mass is 32.1. The number of thiazole rings is 1. The van der Waals surface area contributed by atoms with Crippen molar-refractivity contribution in [2.75, 3.05) is 6.61 Å². The van der Waals surface area contributed by atoms with E-state index >= 15 is 0 Å². The highest BCUT2D eigenvalue weighted by molar-refractivity contribution is 7.17. The van der Waals surface area contributed by atoms with Crippen molar-refractivity contribution in [2.45, 2.75) is 6.92 Å². The third kappa shape index (κ3) is 4.29. The van der Waals surface area contributed by atoms with Crippen LogP contribution in [0.3, 0.4) is 0 Å². The number of esters is 1. The van der Waals surface area contributed by atoms with Gasteiger partial charge in [0.2, 0.25) is 5.01 Å². The Kier molecular flexibility index (Phi) is 6.10. The van der Waals surface area contributed by atoms with Gasteiger partial charge in [-0.1, -0.05) is 6.07 Å². The molecule has 0 spiro atoms. The lowest BCUT2D eigenvalue weighted by Crippen LogP contribution is -2.19. The van der Waals surface area contributed by atoms with E-state index < -0.39 is 40.5 Å². The molecule has 5 nitrogen and oxygen atoms in total. The zero-order valence-corrected chi connectivity index (χ0v) is 17.8. The first kappa shape index (κ1) is 22.4. The van der Waals surface area contributed by atoms with Gasteiger partial charge in [-0.15, -0.1) is 11.3 Å². The van der Waals surface area contributed by atoms with Crippen molar-refractivity contribution in [1.82, 2.24) is 9.55 Å². The van der Waals surface area contributed by atoms with E-state index in [9.17, 15) is 27.2 Å². The second-order valence-corrected chi connectivity index (χ2v) is 7.74. The number of ether oxygens (including phenoxy) is 1. The van der Waals surface area contributed by atoms with E-state index in [-0.39, 0.29) is 33.3 Å². The fourth-order valence-corrected chi connectivity index (χ4v) is 4.18. The molecule has 0 aliphatic carbocycles. The van der Waals surface area contributed by atoms with Gasteiger partial charge >= 0.3 is 5.97 Å². The number of benzene rings is 2. The van der Waals surface area contributed by atoms with E-state index in [4.69, 9.17) is 4.74 Å². The van der Waals surface area contributed by atoms with Gasteiger partial charge in [-0.2, -0.15) is 0 Å². The second kappa shape index (κ2) is 8.99. The van der Waals surface area contributed by atoms with E-state index in [0.29, 0.717) is 6.07 Å². The SMILES string of the molecule is CCOC(=O)c1nc(-c2ccc(=O)n(-c3c(F)cccc3F)c2)c(-c2ccc(F)cc2F)s1. The quantitative estimate of drug-likeness (QED) is 0.289. The Labute approximate surface area is 188 Å². The van der Waals surface area contributed by atoms with Crippen LogP contribution in [0, 0.1) is 23.3 Å². The van der Waals surface area contributed by atoms with Gasteiger partial charge in [-0.05, 0) is 37.3 Å². The minimum Gasteiger partial charge on any atom is -0.461 e. The van der Waals surface area contributed by atoms with Gasteiger partial charge in [-0.3, -0.25) is 9.36 Å². The van der Waals surface area contributed by atoms with Crippen molar-refractivity contribution in [3.05, 3.63) is 93.4 Å². The van der Waals surface area contributed by atoms with Crippen LogP contribution in [0.15, 0.2) is 59.5 Å². The minimum atomic E-state index is -0.968. The second-order valence-electron chi connectivity index (χ2n) is 6.74. The molecule has 2 aromatic carbocycles. The Morgan fingerprint density at radius 1 is 1.03 bits per heavy atom. The highest BCUT2D eigenvalue weighted by Crippen LogP contribution is 2.38. The molecule has 0 saturated carbocycles. The summed E-state index contributed by atoms with van der Waals surface area (Å²) in [4.78, 5) is 29.0. The molecule has 4 aromatic rings. The van der Waals surface area contributed by atoms with Crippen molar-refractivity contribution >= 4 is 17.3 Å². The van der Waals surface area contributed by atoms with Gasteiger partial charge in [-0.25, -0.2) is 27.3 Å². The maximum absolute atomic E-state index is 14.6. The number of halogens is 4. The molecule has 168 valence electrons. The van der Waals surface area contributed by atoms with Gasteiger partial charge < -0.3 is 4.74 Å². The lowest BCUT2D eigenvalue weighted by atomic mass is 10.1. The van der Waals surface area contributed by atoms with E-state index in [0.717, 1.165) is 52.4 Å². The monoisotopic (exact) mass is 474 g/mol. The molecule has 0 aliphatic heterocycles. The number of hydrogen-bond donors (Lipinski definition) is 0. The molecule has 0 atom stereocenters. The van der Waals surface area contributed by atoms with E-state index in [2.05, 4.69) is 4.98 Å². The number of nitrogens with zero attached hydrogens (tertiary/aromatic N) is 2. The van der Waals surface area contributed by atoms with Crippen LogP contribution in [0.2, 0.25) is 0 Å². The average molecular weight is 474 g/mol. The fraction of sp³-hybridized carbons (Fsp3) is 0.0870. The number of hydrogen-bond acceptors (Lipinski definition) is 5. The summed E-state index contributed by atoms with van der Waals surface area (Å²) in [6.07, 6.45) is 1.14. The number of para-hydroxylation sites is 1. The summed E-state index contributed by atoms with van der Waals surface area (Å²) >= 11 is 0.804. The maximum atomic E-state index is 14.6. The molecule has 4 rings (SSSR count). The van der Waals surface area contributed by atoms with E-state index in [1.165, 1.54) is 12.1 Å². The fourth-order valence-electron chi connectivity index (χ4n) is 3.17. The van der Waals surface area contributed by atoms with Crippen LogP contribution in [0.4, 0.5) is 17.6 Å². The molecule has 0 fully saturated rings. The Balaban J connectivity index is 1.95. The van der Waals surface area contributed by atoms with Crippen molar-refractivity contribution in [3.63, 3.8) is 0 Å². The molecule has 0 amide bonds. The van der Waals surface area contributed by atoms with Crippen molar-refractivity contribution in [3.8, 4) is 27.4 Å². The van der Waals surface area contributed by atoms with Gasteiger partial charge in [0, 0.05) is 29.5 Å². The molecule has 2 heterocycles. The van der Waals surface area contributed by atoms with Crippen molar-refractivity contribution in [1.29, 1.82) is 0 Å². The average Bonchev–Trinajstić information content (AvgIpc) is 3.20. The number of carbonyl (C=O) groups excluding carboxylic acids is 1. The topological polar surface area (TPSA) is 61.2 Å². The summed E-state index contributed by atoms with van der Waals surface area (Å²) < 4.78 is 62.4. The normalized spacial score (nSPS) is 10.9. The van der Waals surface area contributed by atoms with Crippen LogP contribution in [0.5, 0.6) is 0 Å². The molecule has 0 saturated heterocycles. The van der Waals surface area contributed by atoms with Crippen molar-refractivity contribution in [2.24, 2.45) is 0 Å². The van der Waals surface area contributed by atoms with E-state index in [1.54, 1.807) is 6.92 Å². The summed E-state index contributed by atoms with van der Waals surface area (Å²) in [5.74, 6) is -4.39. The Morgan fingerprint density at radius 2 is 1.76 bits per heavy atom. The molecular weight excluding hydrogens is 460 g/mol. The van der Waals surface area contributed by atoms with Gasteiger partial charge in [0.1, 0.15) is 29.0 Å². The van der Waals surface area contributed by atoms with Gasteiger partial charge in [0.05, 0.1) is 17.2 Å². The molecule has 2 aromatic heterocycles. The van der Waals surface area contributed by atoms with Crippen LogP contribution < -0.4 is 5.56 Å². The largest absolute Gasteiger partial charge is 0.461 e. The first-order valence-corrected chi connectivity index (χ1v) is 10.4. The predicted octanol–water partition coefficient (Wildman–Crippen LogP) is 5.36. The first-order chi connectivity index (χ1) is 15.8. The molecule has 0 bridgehead atoms. The first-order valence-electron chi connectivity index (χ1n) is 9.61. The van der Waals surface area contributed by atoms with Gasteiger partial charge in [0.25, 0.3) is 5.56 Å². The number of aromatic nitrogens is 2. The summed E-state index contributed by atoms with van der Waals surface area (Å²) in [6, 6.07) is 8.45. The standard InChI is InChI=1S/C23H14F4N2O3S/c1-2-32-23(31)22-28-19(21(33-22)14-8-7-13(24)10-17(14)27)12-6-9-18(30)29(11-12)20-15(25)4-3-5-16(20)26/h3-11H,2H2,1H3. The minimum absolute atomic E-state index is 0.0470. The summed E-state index contributed by atoms with van der Waals surface area (Å²) in [7, 11) is 0. The van der Waals surface area contributed by atoms with E-state index in [1.807, 2.05) is 0 Å². The lowest BCUT2D eigenvalue weighted by Gasteiger charge is -2.10. The third-order valence-electron chi connectivity index (χ3n) is 4.62. The molecule has 0 N–H and O–H groups in total. The predicted molar refractivity (Wildman–Crippen MR) is 114 cm³/mol. The number of rotatable bonds is 5. The molecule has 0 aliphatic rings. The highest BCUT2D eigenvalue weighted by Gasteiger charge is 2.23. The Morgan fingerprint density at radius 3 is 2.42 bits per heavy atom. The van der Waals surface area contributed by atoms with Crippen LogP contribution in [0.25, 0.3) is 27.4 Å². The zero-order chi connectivity index (χ0) is 23.7. The number of pyridine rings is 1. The third-order valence-corrected chi connectivity index (χ3v) is 5.68. The van der Waals surface area contributed by atoms with Gasteiger partial charge in [0.15, 0.2) is 0 Å². The molecule has 0 radical (unpaired) electrons. The molecule has 33 heavy (non-hydrogen) atoms. The molecule has 10 heteroatoms. The maximum Gasteiger partial charge on any atom is 0.367 e. The Bertz CT molecular complexity index is 1410. The smallest absolute Gasteiger partial charge is 0.367 e. The van der Waals surface area contributed by atoms with Crippen LogP contribution >= 0.6 is 11.3 Å². The van der Waals surface area contributed by atoms with Crippen LogP contribution in [0.1, 0.15) is 16.7 Å². The molecular formula is C23H14F4N2O3S. The Hall–Kier alpha value is -3.79. The number of carbonyl (C=O) groups is 1. The van der Waals surface area contributed by atoms with Crippen molar-refractivity contribution < 1.29 is 27.1 Å². The zero-order valence-electron chi connectivity index (χ0n) is 16.9.